The summed E-state index contributed by atoms with van der Waals surface area (Å²) in [5.74, 6) is -1.68. The van der Waals surface area contributed by atoms with Gasteiger partial charge in [0.2, 0.25) is 0 Å². The van der Waals surface area contributed by atoms with Gasteiger partial charge in [-0.3, -0.25) is 14.4 Å². The summed E-state index contributed by atoms with van der Waals surface area (Å²) < 4.78 is 0. The number of carbonyl (C=O) groups excluding carboxylic acids is 3. The predicted molar refractivity (Wildman–Crippen MR) is 81.8 cm³/mol. The Bertz CT molecular complexity index is 706. The van der Waals surface area contributed by atoms with Crippen LogP contribution in [0.5, 0.6) is 5.75 Å². The number of nitrogens with one attached hydrogen (secondary N) is 2. The van der Waals surface area contributed by atoms with Crippen LogP contribution in [-0.2, 0) is 9.59 Å². The fourth-order valence-corrected chi connectivity index (χ4v) is 1.71. The van der Waals surface area contributed by atoms with Crippen LogP contribution in [0.25, 0.3) is 0 Å². The van der Waals surface area contributed by atoms with Crippen molar-refractivity contribution in [1.29, 1.82) is 0 Å². The lowest BCUT2D eigenvalue weighted by atomic mass is 10.1. The summed E-state index contributed by atoms with van der Waals surface area (Å²) in [5, 5.41) is 14.0. The van der Waals surface area contributed by atoms with E-state index in [1.807, 2.05) is 0 Å². The lowest BCUT2D eigenvalue weighted by Crippen LogP contribution is -2.29. The van der Waals surface area contributed by atoms with Gasteiger partial charge in [0.1, 0.15) is 5.75 Å². The van der Waals surface area contributed by atoms with Crippen LogP contribution in [0.2, 0.25) is 0 Å². The van der Waals surface area contributed by atoms with Crippen LogP contribution in [-0.4, -0.2) is 22.7 Å². The standard InChI is InChI=1S/C16H14N2O4/c1-10(19)11-2-4-12(5-3-11)17-15(21)16(22)18-13-6-8-14(20)9-7-13/h2-9,20H,1H3,(H,17,21)(H,18,22). The average Bonchev–Trinajstić information content (AvgIpc) is 2.50. The molecule has 2 rings (SSSR count). The lowest BCUT2D eigenvalue weighted by molar-refractivity contribution is -0.132. The predicted octanol–water partition coefficient (Wildman–Crippen LogP) is 2.17. The first-order chi connectivity index (χ1) is 10.5. The highest BCUT2D eigenvalue weighted by Gasteiger charge is 2.14. The van der Waals surface area contributed by atoms with E-state index in [4.69, 9.17) is 5.11 Å². The van der Waals surface area contributed by atoms with Gasteiger partial charge in [-0.2, -0.15) is 0 Å². The van der Waals surface area contributed by atoms with Crippen LogP contribution in [0, 0.1) is 0 Å². The highest BCUT2D eigenvalue weighted by molar-refractivity contribution is 6.43. The van der Waals surface area contributed by atoms with Gasteiger partial charge < -0.3 is 15.7 Å². The Morgan fingerprint density at radius 2 is 1.18 bits per heavy atom. The van der Waals surface area contributed by atoms with E-state index in [0.29, 0.717) is 16.9 Å². The number of ketones is 1. The molecule has 0 bridgehead atoms. The SMILES string of the molecule is CC(=O)c1ccc(NC(=O)C(=O)Nc2ccc(O)cc2)cc1. The van der Waals surface area contributed by atoms with E-state index < -0.39 is 11.8 Å². The molecule has 0 heterocycles. The largest absolute Gasteiger partial charge is 0.508 e. The number of anilines is 2. The maximum atomic E-state index is 11.8. The van der Waals surface area contributed by atoms with Crippen LogP contribution >= 0.6 is 0 Å². The number of amides is 2. The molecular formula is C16H14N2O4. The molecule has 2 aromatic carbocycles. The second-order valence-corrected chi connectivity index (χ2v) is 4.59. The summed E-state index contributed by atoms with van der Waals surface area (Å²) in [7, 11) is 0. The molecule has 3 N–H and O–H groups in total. The van der Waals surface area contributed by atoms with Crippen molar-refractivity contribution in [2.45, 2.75) is 6.92 Å². The first-order valence-electron chi connectivity index (χ1n) is 6.48. The van der Waals surface area contributed by atoms with E-state index >= 15 is 0 Å². The molecule has 0 aliphatic carbocycles. The molecular weight excluding hydrogens is 284 g/mol. The summed E-state index contributed by atoms with van der Waals surface area (Å²) >= 11 is 0. The fraction of sp³-hybridized carbons (Fsp3) is 0.0625. The van der Waals surface area contributed by atoms with Crippen molar-refractivity contribution < 1.29 is 19.5 Å². The van der Waals surface area contributed by atoms with Crippen molar-refractivity contribution in [2.75, 3.05) is 10.6 Å². The molecule has 0 spiro atoms. The molecule has 2 amide bonds. The van der Waals surface area contributed by atoms with Gasteiger partial charge >= 0.3 is 11.8 Å². The summed E-state index contributed by atoms with van der Waals surface area (Å²) in [6, 6.07) is 12.0. The minimum absolute atomic E-state index is 0.0630. The third kappa shape index (κ3) is 3.92. The molecule has 0 saturated heterocycles. The zero-order chi connectivity index (χ0) is 16.1. The molecule has 0 aliphatic rings. The Morgan fingerprint density at radius 3 is 1.59 bits per heavy atom. The van der Waals surface area contributed by atoms with Gasteiger partial charge in [0.05, 0.1) is 0 Å². The lowest BCUT2D eigenvalue weighted by Gasteiger charge is -2.07. The van der Waals surface area contributed by atoms with E-state index in [-0.39, 0.29) is 11.5 Å². The zero-order valence-corrected chi connectivity index (χ0v) is 11.8. The van der Waals surface area contributed by atoms with Crippen LogP contribution in [0.1, 0.15) is 17.3 Å². The third-order valence-electron chi connectivity index (χ3n) is 2.88. The number of benzene rings is 2. The Morgan fingerprint density at radius 1 is 0.773 bits per heavy atom. The van der Waals surface area contributed by atoms with Crippen molar-refractivity contribution in [2.24, 2.45) is 0 Å². The minimum Gasteiger partial charge on any atom is -0.508 e. The number of phenols is 1. The molecule has 0 saturated carbocycles. The number of Topliss-reactive ketones (excluding diaryl/α,β-unsaturated/α-hetero) is 1. The van der Waals surface area contributed by atoms with Crippen LogP contribution in [0.3, 0.4) is 0 Å². The Hall–Kier alpha value is -3.15. The maximum absolute atomic E-state index is 11.8. The number of hydrogen-bond acceptors (Lipinski definition) is 4. The average molecular weight is 298 g/mol. The van der Waals surface area contributed by atoms with Crippen molar-refractivity contribution in [1.82, 2.24) is 0 Å². The van der Waals surface area contributed by atoms with E-state index in [1.165, 1.54) is 31.2 Å². The highest BCUT2D eigenvalue weighted by Crippen LogP contribution is 2.14. The smallest absolute Gasteiger partial charge is 0.314 e. The van der Waals surface area contributed by atoms with Crippen LogP contribution in [0.15, 0.2) is 48.5 Å². The summed E-state index contributed by atoms with van der Waals surface area (Å²) in [5.41, 5.74) is 1.33. The summed E-state index contributed by atoms with van der Waals surface area (Å²) in [4.78, 5) is 34.6. The van der Waals surface area contributed by atoms with Gasteiger partial charge in [0.25, 0.3) is 0 Å². The van der Waals surface area contributed by atoms with E-state index in [1.54, 1.807) is 24.3 Å². The molecule has 6 heteroatoms. The molecule has 22 heavy (non-hydrogen) atoms. The van der Waals surface area contributed by atoms with Crippen molar-refractivity contribution in [3.05, 3.63) is 54.1 Å². The van der Waals surface area contributed by atoms with E-state index in [2.05, 4.69) is 10.6 Å². The van der Waals surface area contributed by atoms with E-state index in [0.717, 1.165) is 0 Å². The first kappa shape index (κ1) is 15.2. The molecule has 0 aromatic heterocycles. The Balaban J connectivity index is 1.97. The maximum Gasteiger partial charge on any atom is 0.314 e. The number of phenolic OH excluding ortho intramolecular Hbond substituents is 1. The van der Waals surface area contributed by atoms with Crippen molar-refractivity contribution in [3.63, 3.8) is 0 Å². The number of carbonyl (C=O) groups is 3. The van der Waals surface area contributed by atoms with Crippen LogP contribution < -0.4 is 10.6 Å². The summed E-state index contributed by atoms with van der Waals surface area (Å²) in [6.45, 7) is 1.44. The zero-order valence-electron chi connectivity index (χ0n) is 11.8. The Kier molecular flexibility index (Phi) is 4.53. The second-order valence-electron chi connectivity index (χ2n) is 4.59. The minimum atomic E-state index is -0.832. The molecule has 0 aliphatic heterocycles. The van der Waals surface area contributed by atoms with Gasteiger partial charge in [-0.15, -0.1) is 0 Å². The molecule has 2 aromatic rings. The van der Waals surface area contributed by atoms with Gasteiger partial charge in [0.15, 0.2) is 5.78 Å². The fourth-order valence-electron chi connectivity index (χ4n) is 1.71. The molecule has 6 nitrogen and oxygen atoms in total. The van der Waals surface area contributed by atoms with E-state index in [9.17, 15) is 14.4 Å². The second kappa shape index (κ2) is 6.53. The molecule has 0 atom stereocenters. The number of hydrogen-bond donors (Lipinski definition) is 3. The quantitative estimate of drug-likeness (QED) is 0.460. The topological polar surface area (TPSA) is 95.5 Å². The monoisotopic (exact) mass is 298 g/mol. The normalized spacial score (nSPS) is 9.86. The van der Waals surface area contributed by atoms with Gasteiger partial charge in [-0.1, -0.05) is 0 Å². The van der Waals surface area contributed by atoms with Gasteiger partial charge in [-0.05, 0) is 55.5 Å². The Labute approximate surface area is 126 Å². The highest BCUT2D eigenvalue weighted by atomic mass is 16.3. The van der Waals surface area contributed by atoms with Gasteiger partial charge in [-0.25, -0.2) is 0 Å². The third-order valence-corrected chi connectivity index (χ3v) is 2.88. The molecule has 0 unspecified atom stereocenters. The number of rotatable bonds is 3. The molecule has 0 fully saturated rings. The summed E-state index contributed by atoms with van der Waals surface area (Å²) in [6.07, 6.45) is 0. The van der Waals surface area contributed by atoms with Crippen LogP contribution in [0.4, 0.5) is 11.4 Å². The van der Waals surface area contributed by atoms with Gasteiger partial charge in [0, 0.05) is 16.9 Å². The molecule has 0 radical (unpaired) electrons. The molecule has 112 valence electrons. The number of aromatic hydroxyl groups is 1. The van der Waals surface area contributed by atoms with Crippen molar-refractivity contribution >= 4 is 29.0 Å². The van der Waals surface area contributed by atoms with Crippen molar-refractivity contribution in [3.8, 4) is 5.75 Å². The first-order valence-corrected chi connectivity index (χ1v) is 6.48.